The van der Waals surface area contributed by atoms with Crippen molar-refractivity contribution in [2.75, 3.05) is 56.8 Å². The highest BCUT2D eigenvalue weighted by Crippen LogP contribution is 2.45. The summed E-state index contributed by atoms with van der Waals surface area (Å²) in [6, 6.07) is 16.0. The first kappa shape index (κ1) is 21.0. The summed E-state index contributed by atoms with van der Waals surface area (Å²) >= 11 is 0. The molecule has 0 amide bonds. The van der Waals surface area contributed by atoms with Gasteiger partial charge in [-0.25, -0.2) is 13.4 Å². The van der Waals surface area contributed by atoms with Crippen LogP contribution in [-0.4, -0.2) is 65.3 Å². The largest absolute Gasteiger partial charge is 0.497 e. The average Bonchev–Trinajstić information content (AvgIpc) is 2.75. The normalized spacial score (nSPS) is 18.2. The Hall–Kier alpha value is -2.84. The van der Waals surface area contributed by atoms with Crippen LogP contribution in [0.4, 0.5) is 5.69 Å². The van der Waals surface area contributed by atoms with Crippen LogP contribution in [0.1, 0.15) is 0 Å². The van der Waals surface area contributed by atoms with E-state index in [1.165, 1.54) is 0 Å². The molecular formula is C24H27N3O4S. The van der Waals surface area contributed by atoms with Crippen molar-refractivity contribution in [3.8, 4) is 22.8 Å². The Morgan fingerprint density at radius 2 is 1.78 bits per heavy atom. The van der Waals surface area contributed by atoms with Crippen LogP contribution in [0, 0.1) is 5.41 Å². The van der Waals surface area contributed by atoms with Gasteiger partial charge in [0.1, 0.15) is 18.1 Å². The van der Waals surface area contributed by atoms with E-state index >= 15 is 0 Å². The number of hydrogen-bond acceptors (Lipinski definition) is 7. The third-order valence-corrected chi connectivity index (χ3v) is 8.32. The van der Waals surface area contributed by atoms with Crippen molar-refractivity contribution in [1.29, 1.82) is 0 Å². The number of nitrogens with zero attached hydrogens (tertiary/aromatic N) is 2. The molecule has 32 heavy (non-hydrogen) atoms. The number of aromatic nitrogens is 1. The van der Waals surface area contributed by atoms with E-state index in [1.54, 1.807) is 7.11 Å². The van der Waals surface area contributed by atoms with Gasteiger partial charge in [0.2, 0.25) is 0 Å². The van der Waals surface area contributed by atoms with Crippen molar-refractivity contribution in [1.82, 2.24) is 10.3 Å². The quantitative estimate of drug-likeness (QED) is 0.551. The van der Waals surface area contributed by atoms with E-state index in [-0.39, 0.29) is 5.41 Å². The van der Waals surface area contributed by atoms with Crippen molar-refractivity contribution in [2.24, 2.45) is 5.41 Å². The van der Waals surface area contributed by atoms with Crippen LogP contribution in [0.25, 0.3) is 22.2 Å². The minimum atomic E-state index is -2.84. The number of pyridine rings is 1. The molecule has 3 heterocycles. The van der Waals surface area contributed by atoms with E-state index in [0.717, 1.165) is 59.0 Å². The van der Waals surface area contributed by atoms with Gasteiger partial charge in [-0.1, -0.05) is 0 Å². The van der Waals surface area contributed by atoms with Crippen LogP contribution in [0.3, 0.4) is 0 Å². The van der Waals surface area contributed by atoms with E-state index in [0.29, 0.717) is 18.1 Å². The summed E-state index contributed by atoms with van der Waals surface area (Å²) in [5.74, 6) is 2.18. The zero-order valence-corrected chi connectivity index (χ0v) is 19.1. The summed E-state index contributed by atoms with van der Waals surface area (Å²) in [5, 5.41) is 4.11. The number of likely N-dealkylation sites (N-methyl/N-ethyl adjacent to an activating group) is 1. The van der Waals surface area contributed by atoms with Gasteiger partial charge in [0, 0.05) is 47.8 Å². The van der Waals surface area contributed by atoms with Gasteiger partial charge in [0.25, 0.3) is 0 Å². The number of nitrogens with one attached hydrogen (secondary N) is 1. The fourth-order valence-corrected chi connectivity index (χ4v) is 6.87. The van der Waals surface area contributed by atoms with Gasteiger partial charge in [-0.05, 0) is 49.5 Å². The van der Waals surface area contributed by atoms with Gasteiger partial charge >= 0.3 is 0 Å². The predicted octanol–water partition coefficient (Wildman–Crippen LogP) is 2.74. The number of fused-ring (bicyclic) bond motifs is 1. The highest BCUT2D eigenvalue weighted by molar-refractivity contribution is 7.92. The number of rotatable bonds is 7. The molecular weight excluding hydrogens is 426 g/mol. The molecule has 0 aliphatic carbocycles. The molecule has 2 aliphatic heterocycles. The lowest BCUT2D eigenvalue weighted by atomic mass is 9.82. The number of benzene rings is 2. The third kappa shape index (κ3) is 3.89. The Labute approximate surface area is 188 Å². The Morgan fingerprint density at radius 3 is 2.44 bits per heavy atom. The Kier molecular flexibility index (Phi) is 5.22. The van der Waals surface area contributed by atoms with E-state index in [1.807, 2.05) is 49.5 Å². The van der Waals surface area contributed by atoms with Crippen LogP contribution in [0.2, 0.25) is 0 Å². The molecule has 1 aromatic heterocycles. The van der Waals surface area contributed by atoms with Gasteiger partial charge in [-0.2, -0.15) is 0 Å². The zero-order chi connectivity index (χ0) is 22.3. The standard InChI is InChI=1S/C24H27N3O4S/c1-25-9-10-31-18-5-3-17(4-6-18)21-12-23(20-8-7-19(30-2)11-22(20)26-21)27-13-24(14-27)15-32(28,29)16-24/h3-8,11-12,25H,9-10,13-16H2,1-2H3. The highest BCUT2D eigenvalue weighted by atomic mass is 32.2. The van der Waals surface area contributed by atoms with Crippen LogP contribution in [0.5, 0.6) is 11.5 Å². The highest BCUT2D eigenvalue weighted by Gasteiger charge is 2.56. The summed E-state index contributed by atoms with van der Waals surface area (Å²) in [6.45, 7) is 2.92. The number of sulfone groups is 1. The van der Waals surface area contributed by atoms with Gasteiger partial charge in [-0.15, -0.1) is 0 Å². The Balaban J connectivity index is 1.47. The van der Waals surface area contributed by atoms with E-state index in [9.17, 15) is 8.42 Å². The van der Waals surface area contributed by atoms with Gasteiger partial charge < -0.3 is 19.7 Å². The molecule has 8 heteroatoms. The average molecular weight is 454 g/mol. The van der Waals surface area contributed by atoms with Gasteiger partial charge in [0.15, 0.2) is 9.84 Å². The lowest BCUT2D eigenvalue weighted by molar-refractivity contribution is 0.255. The summed E-state index contributed by atoms with van der Waals surface area (Å²) in [5.41, 5.74) is 3.72. The van der Waals surface area contributed by atoms with Crippen molar-refractivity contribution in [3.63, 3.8) is 0 Å². The summed E-state index contributed by atoms with van der Waals surface area (Å²) in [4.78, 5) is 7.17. The number of ether oxygens (including phenoxy) is 2. The molecule has 2 fully saturated rings. The maximum Gasteiger partial charge on any atom is 0.151 e. The molecule has 0 unspecified atom stereocenters. The van der Waals surface area contributed by atoms with Crippen molar-refractivity contribution >= 4 is 26.4 Å². The summed E-state index contributed by atoms with van der Waals surface area (Å²) < 4.78 is 34.6. The molecule has 1 N–H and O–H groups in total. The molecule has 0 radical (unpaired) electrons. The molecule has 0 saturated carbocycles. The zero-order valence-electron chi connectivity index (χ0n) is 18.3. The monoisotopic (exact) mass is 453 g/mol. The maximum atomic E-state index is 11.7. The molecule has 7 nitrogen and oxygen atoms in total. The van der Waals surface area contributed by atoms with Crippen LogP contribution < -0.4 is 19.7 Å². The lowest BCUT2D eigenvalue weighted by Crippen LogP contribution is -2.68. The molecule has 5 rings (SSSR count). The van der Waals surface area contributed by atoms with Crippen LogP contribution in [0.15, 0.2) is 48.5 Å². The smallest absolute Gasteiger partial charge is 0.151 e. The first-order valence-corrected chi connectivity index (χ1v) is 12.5. The molecule has 2 saturated heterocycles. The van der Waals surface area contributed by atoms with Crippen LogP contribution >= 0.6 is 0 Å². The first-order valence-electron chi connectivity index (χ1n) is 10.7. The van der Waals surface area contributed by atoms with Crippen LogP contribution in [-0.2, 0) is 9.84 Å². The second kappa shape index (κ2) is 7.94. The minimum absolute atomic E-state index is 0.0760. The van der Waals surface area contributed by atoms with Crippen molar-refractivity contribution in [2.45, 2.75) is 0 Å². The summed E-state index contributed by atoms with van der Waals surface area (Å²) in [7, 11) is 0.703. The predicted molar refractivity (Wildman–Crippen MR) is 126 cm³/mol. The van der Waals surface area contributed by atoms with Gasteiger partial charge in [-0.3, -0.25) is 0 Å². The molecule has 3 aromatic rings. The maximum absolute atomic E-state index is 11.7. The molecule has 0 atom stereocenters. The van der Waals surface area contributed by atoms with E-state index < -0.39 is 9.84 Å². The lowest BCUT2D eigenvalue weighted by Gasteiger charge is -2.56. The van der Waals surface area contributed by atoms with Crippen molar-refractivity contribution in [3.05, 3.63) is 48.5 Å². The van der Waals surface area contributed by atoms with Crippen molar-refractivity contribution < 1.29 is 17.9 Å². The second-order valence-electron chi connectivity index (χ2n) is 8.77. The molecule has 2 aliphatic rings. The molecule has 168 valence electrons. The topological polar surface area (TPSA) is 80.8 Å². The Morgan fingerprint density at radius 1 is 1.06 bits per heavy atom. The second-order valence-corrected chi connectivity index (χ2v) is 10.8. The molecule has 2 aromatic carbocycles. The van der Waals surface area contributed by atoms with E-state index in [4.69, 9.17) is 14.5 Å². The fraction of sp³-hybridized carbons (Fsp3) is 0.375. The fourth-order valence-electron chi connectivity index (χ4n) is 4.73. The Bertz CT molecular complexity index is 1240. The minimum Gasteiger partial charge on any atom is -0.497 e. The first-order chi connectivity index (χ1) is 15.4. The summed E-state index contributed by atoms with van der Waals surface area (Å²) in [6.07, 6.45) is 0. The van der Waals surface area contributed by atoms with Gasteiger partial charge in [0.05, 0.1) is 29.8 Å². The number of methoxy groups -OCH3 is 1. The molecule has 0 bridgehead atoms. The number of hydrogen-bond donors (Lipinski definition) is 1. The number of anilines is 1. The SMILES string of the molecule is CNCCOc1ccc(-c2cc(N3CC4(C3)CS(=O)(=O)C4)c3ccc(OC)cc3n2)cc1. The molecule has 1 spiro atoms. The van der Waals surface area contributed by atoms with E-state index in [2.05, 4.69) is 16.3 Å². The third-order valence-electron chi connectivity index (χ3n) is 6.21.